The number of hydrogen-bond donors (Lipinski definition) is 3. The summed E-state index contributed by atoms with van der Waals surface area (Å²) >= 11 is 0. The van der Waals surface area contributed by atoms with Crippen LogP contribution in [0.2, 0.25) is 0 Å². The first-order valence-electron chi connectivity index (χ1n) is 0.783. The Bertz CT molecular complexity index is 62.2. The van der Waals surface area contributed by atoms with Crippen LogP contribution in [0.4, 0.5) is 0 Å². The van der Waals surface area contributed by atoms with Gasteiger partial charge in [-0.25, -0.2) is 4.57 Å². The van der Waals surface area contributed by atoms with Gasteiger partial charge in [0.1, 0.15) is 0 Å². The quantitative estimate of drug-likeness (QED) is 0.359. The van der Waals surface area contributed by atoms with Gasteiger partial charge < -0.3 is 14.7 Å². The summed E-state index contributed by atoms with van der Waals surface area (Å²) in [6, 6.07) is 0. The maximum absolute atomic E-state index is 8.88. The molecule has 0 radical (unpaired) electrons. The van der Waals surface area contributed by atoms with E-state index in [2.05, 4.69) is 0 Å². The van der Waals surface area contributed by atoms with E-state index in [1.54, 1.807) is 0 Å². The molecule has 0 rings (SSSR count). The number of hydrogen-bond acceptors (Lipinski definition) is 1. The van der Waals surface area contributed by atoms with Gasteiger partial charge in [-0.3, -0.25) is 0 Å². The van der Waals surface area contributed by atoms with Gasteiger partial charge in [0.2, 0.25) is 0 Å². The predicted octanol–water partition coefficient (Wildman–Crippen LogP) is -1.85. The van der Waals surface area contributed by atoms with E-state index in [9.17, 15) is 0 Å². The Morgan fingerprint density at radius 3 is 1.12 bits per heavy atom. The SMILES string of the molecule is O=P(O)(O)O.[CaH2].[Ti].[Zr]. The average molecular weight is 279 g/mol. The third kappa shape index (κ3) is 64.7. The molecule has 8 heavy (non-hydrogen) atoms. The van der Waals surface area contributed by atoms with E-state index in [0.29, 0.717) is 0 Å². The second-order valence-electron chi connectivity index (χ2n) is 0.513. The van der Waals surface area contributed by atoms with Crippen LogP contribution in [0.1, 0.15) is 0 Å². The Labute approximate surface area is 111 Å². The summed E-state index contributed by atoms with van der Waals surface area (Å²) in [6.45, 7) is 0. The Balaban J connectivity index is -0.0000000267. The molecule has 0 aliphatic heterocycles. The van der Waals surface area contributed by atoms with Gasteiger partial charge in [0.05, 0.1) is 0 Å². The van der Waals surface area contributed by atoms with E-state index in [0.717, 1.165) is 0 Å². The summed E-state index contributed by atoms with van der Waals surface area (Å²) in [5, 5.41) is 0. The van der Waals surface area contributed by atoms with Crippen LogP contribution in [-0.2, 0) is 52.5 Å². The molecule has 0 saturated carbocycles. The molecule has 0 saturated heterocycles. The molecular formula is H5CaO4PTiZr. The second kappa shape index (κ2) is 9.97. The van der Waals surface area contributed by atoms with Gasteiger partial charge in [0, 0.05) is 47.9 Å². The van der Waals surface area contributed by atoms with E-state index in [4.69, 9.17) is 19.2 Å². The minimum Gasteiger partial charge on any atom is 0 e. The summed E-state index contributed by atoms with van der Waals surface area (Å²) < 4.78 is 8.88. The summed E-state index contributed by atoms with van der Waals surface area (Å²) in [6.07, 6.45) is 0. The van der Waals surface area contributed by atoms with Crippen LogP contribution in [0.3, 0.4) is 0 Å². The zero-order valence-corrected chi connectivity index (χ0v) is 8.11. The van der Waals surface area contributed by atoms with Crippen LogP contribution in [0.25, 0.3) is 0 Å². The maximum Gasteiger partial charge on any atom is 0 e. The fourth-order valence-electron chi connectivity index (χ4n) is 0. The molecule has 0 aliphatic carbocycles. The zero-order valence-electron chi connectivity index (χ0n) is 3.20. The maximum atomic E-state index is 8.88. The summed E-state index contributed by atoms with van der Waals surface area (Å²) in [5.74, 6) is 0. The van der Waals surface area contributed by atoms with E-state index < -0.39 is 7.82 Å². The predicted molar refractivity (Wildman–Crippen MR) is 22.8 cm³/mol. The number of rotatable bonds is 0. The molecule has 8 heteroatoms. The standard InChI is InChI=1S/Ca.H3O4P.Ti.Zr.2H/c;1-5(2,3)4;;;;/h;(H3,1,2,3,4);;;;. The van der Waals surface area contributed by atoms with Crippen molar-refractivity contribution in [1.82, 2.24) is 0 Å². The molecule has 0 aromatic rings. The van der Waals surface area contributed by atoms with Gasteiger partial charge in [-0.1, -0.05) is 0 Å². The molecule has 0 heterocycles. The first-order valence-corrected chi connectivity index (χ1v) is 2.35. The largest absolute Gasteiger partial charge is 0 e. The van der Waals surface area contributed by atoms with Crippen molar-refractivity contribution in [2.45, 2.75) is 0 Å². The molecule has 4 nitrogen and oxygen atoms in total. The van der Waals surface area contributed by atoms with Crippen LogP contribution in [0.15, 0.2) is 0 Å². The fourth-order valence-corrected chi connectivity index (χ4v) is 0. The summed E-state index contributed by atoms with van der Waals surface area (Å²) in [5.41, 5.74) is 0. The van der Waals surface area contributed by atoms with Crippen molar-refractivity contribution < 1.29 is 67.2 Å². The summed E-state index contributed by atoms with van der Waals surface area (Å²) in [7, 11) is -4.64. The average Bonchev–Trinajstić information content (AvgIpc) is 0.722. The van der Waals surface area contributed by atoms with Crippen LogP contribution in [-0.4, -0.2) is 52.4 Å². The Morgan fingerprint density at radius 1 is 1.12 bits per heavy atom. The molecular weight excluding hydrogens is 274 g/mol. The number of phosphoric acid groups is 1. The molecule has 0 aromatic heterocycles. The van der Waals surface area contributed by atoms with Gasteiger partial charge in [-0.15, -0.1) is 0 Å². The fraction of sp³-hybridized carbons (Fsp3) is 0. The van der Waals surface area contributed by atoms with Gasteiger partial charge in [-0.05, 0) is 0 Å². The Hall–Kier alpha value is 2.97. The van der Waals surface area contributed by atoms with E-state index in [1.807, 2.05) is 0 Å². The topological polar surface area (TPSA) is 77.8 Å². The minimum atomic E-state index is -4.64. The Kier molecular flexibility index (Phi) is 28.0. The van der Waals surface area contributed by atoms with Gasteiger partial charge in [-0.2, -0.15) is 0 Å². The molecule has 3 N–H and O–H groups in total. The van der Waals surface area contributed by atoms with E-state index in [-0.39, 0.29) is 85.7 Å². The smallest absolute Gasteiger partial charge is 0 e. The Morgan fingerprint density at radius 2 is 1.12 bits per heavy atom. The van der Waals surface area contributed by atoms with Crippen LogP contribution < -0.4 is 0 Å². The van der Waals surface area contributed by atoms with Gasteiger partial charge in [0.15, 0.2) is 0 Å². The van der Waals surface area contributed by atoms with Crippen molar-refractivity contribution in [1.29, 1.82) is 0 Å². The zero-order chi connectivity index (χ0) is 4.50. The van der Waals surface area contributed by atoms with Crippen molar-refractivity contribution in [2.24, 2.45) is 0 Å². The molecule has 0 aliphatic rings. The van der Waals surface area contributed by atoms with Crippen molar-refractivity contribution in [3.63, 3.8) is 0 Å². The molecule has 0 spiro atoms. The van der Waals surface area contributed by atoms with Crippen LogP contribution in [0.5, 0.6) is 0 Å². The molecule has 0 fully saturated rings. The molecule has 0 atom stereocenters. The molecule has 0 amide bonds. The monoisotopic (exact) mass is 278 g/mol. The van der Waals surface area contributed by atoms with Crippen molar-refractivity contribution in [3.05, 3.63) is 0 Å². The normalized spacial score (nSPS) is 7.38. The molecule has 0 aromatic carbocycles. The first-order chi connectivity index (χ1) is 2.00. The molecule has 0 bridgehead atoms. The second-order valence-corrected chi connectivity index (χ2v) is 1.54. The van der Waals surface area contributed by atoms with Crippen LogP contribution >= 0.6 is 7.82 Å². The van der Waals surface area contributed by atoms with Gasteiger partial charge >= 0.3 is 45.6 Å². The first kappa shape index (κ1) is 22.4. The van der Waals surface area contributed by atoms with Crippen molar-refractivity contribution in [2.75, 3.05) is 0 Å². The third-order valence-corrected chi connectivity index (χ3v) is 0. The van der Waals surface area contributed by atoms with Crippen molar-refractivity contribution >= 4 is 45.6 Å². The van der Waals surface area contributed by atoms with E-state index >= 15 is 0 Å². The third-order valence-electron chi connectivity index (χ3n) is 0. The van der Waals surface area contributed by atoms with Crippen molar-refractivity contribution in [3.8, 4) is 0 Å². The molecule has 0 unspecified atom stereocenters. The molecule has 44 valence electrons. The van der Waals surface area contributed by atoms with Crippen LogP contribution in [0, 0.1) is 0 Å². The minimum absolute atomic E-state index is 0. The summed E-state index contributed by atoms with van der Waals surface area (Å²) in [4.78, 5) is 21.6. The van der Waals surface area contributed by atoms with E-state index in [1.165, 1.54) is 0 Å². The van der Waals surface area contributed by atoms with Gasteiger partial charge in [0.25, 0.3) is 0 Å².